The van der Waals surface area contributed by atoms with Gasteiger partial charge in [0.1, 0.15) is 12.4 Å². The maximum absolute atomic E-state index is 13.4. The molecule has 0 aromatic heterocycles. The van der Waals surface area contributed by atoms with Crippen molar-refractivity contribution in [2.45, 2.75) is 0 Å². The first-order valence-electron chi connectivity index (χ1n) is 7.07. The number of carbonyl (C=O) groups is 1. The Hall–Kier alpha value is -2.01. The summed E-state index contributed by atoms with van der Waals surface area (Å²) in [6.07, 6.45) is 2.17. The third-order valence-corrected chi connectivity index (χ3v) is 4.96. The number of benzene rings is 2. The molecule has 25 heavy (non-hydrogen) atoms. The van der Waals surface area contributed by atoms with Crippen molar-refractivity contribution in [1.82, 2.24) is 5.43 Å². The minimum absolute atomic E-state index is 0.209. The summed E-state index contributed by atoms with van der Waals surface area (Å²) < 4.78 is 39.2. The summed E-state index contributed by atoms with van der Waals surface area (Å²) in [5, 5.41) is 3.66. The van der Waals surface area contributed by atoms with Crippen LogP contribution in [-0.4, -0.2) is 33.3 Å². The molecule has 0 radical (unpaired) electrons. The van der Waals surface area contributed by atoms with E-state index >= 15 is 0 Å². The Morgan fingerprint density at radius 1 is 1.24 bits per heavy atom. The summed E-state index contributed by atoms with van der Waals surface area (Å²) in [5.41, 5.74) is 2.78. The molecular formula is C16H15FIN3O3S. The fourth-order valence-corrected chi connectivity index (χ4v) is 3.14. The Morgan fingerprint density at radius 2 is 1.88 bits per heavy atom. The number of nitrogens with zero attached hydrogens (tertiary/aromatic N) is 2. The summed E-state index contributed by atoms with van der Waals surface area (Å²) in [6.45, 7) is -0.436. The number of rotatable bonds is 6. The lowest BCUT2D eigenvalue weighted by Crippen LogP contribution is -2.39. The van der Waals surface area contributed by atoms with Gasteiger partial charge in [-0.1, -0.05) is 18.2 Å². The quantitative estimate of drug-likeness (QED) is 0.396. The SMILES string of the molecule is CS(=O)(=O)N(CC(=O)N/N=C\c1ccccc1F)c1ccc(I)cc1. The van der Waals surface area contributed by atoms with Gasteiger partial charge in [-0.3, -0.25) is 9.10 Å². The van der Waals surface area contributed by atoms with E-state index in [-0.39, 0.29) is 5.56 Å². The molecule has 0 atom stereocenters. The fraction of sp³-hybridized carbons (Fsp3) is 0.125. The van der Waals surface area contributed by atoms with Gasteiger partial charge in [-0.15, -0.1) is 0 Å². The first kappa shape index (κ1) is 19.3. The van der Waals surface area contributed by atoms with Crippen molar-refractivity contribution in [1.29, 1.82) is 0 Å². The van der Waals surface area contributed by atoms with Crippen LogP contribution in [0.15, 0.2) is 53.6 Å². The van der Waals surface area contributed by atoms with Crippen LogP contribution in [0.5, 0.6) is 0 Å². The number of nitrogens with one attached hydrogen (secondary N) is 1. The van der Waals surface area contributed by atoms with E-state index in [1.54, 1.807) is 30.3 Å². The molecule has 2 aromatic carbocycles. The molecule has 0 aliphatic rings. The summed E-state index contributed by atoms with van der Waals surface area (Å²) in [5.74, 6) is -1.12. The van der Waals surface area contributed by atoms with Crippen LogP contribution in [0, 0.1) is 9.39 Å². The normalized spacial score (nSPS) is 11.5. The van der Waals surface area contributed by atoms with E-state index < -0.39 is 28.3 Å². The summed E-state index contributed by atoms with van der Waals surface area (Å²) >= 11 is 2.10. The predicted octanol–water partition coefficient (Wildman–Crippen LogP) is 2.35. The van der Waals surface area contributed by atoms with Crippen LogP contribution < -0.4 is 9.73 Å². The molecule has 0 saturated heterocycles. The highest BCUT2D eigenvalue weighted by Gasteiger charge is 2.20. The van der Waals surface area contributed by atoms with Crippen LogP contribution in [-0.2, 0) is 14.8 Å². The number of sulfonamides is 1. The van der Waals surface area contributed by atoms with Crippen molar-refractivity contribution in [2.24, 2.45) is 5.10 Å². The number of halogens is 2. The van der Waals surface area contributed by atoms with E-state index in [0.717, 1.165) is 20.3 Å². The van der Waals surface area contributed by atoms with Crippen LogP contribution in [0.1, 0.15) is 5.56 Å². The fourth-order valence-electron chi connectivity index (χ4n) is 1.93. The molecule has 2 aromatic rings. The maximum atomic E-state index is 13.4. The zero-order valence-corrected chi connectivity index (χ0v) is 16.2. The van der Waals surface area contributed by atoms with Crippen LogP contribution in [0.4, 0.5) is 10.1 Å². The van der Waals surface area contributed by atoms with Gasteiger partial charge in [-0.2, -0.15) is 5.10 Å². The monoisotopic (exact) mass is 475 g/mol. The molecule has 6 nitrogen and oxygen atoms in total. The standard InChI is InChI=1S/C16H15FIN3O3S/c1-25(23,24)21(14-8-6-13(18)7-9-14)11-16(22)20-19-10-12-4-2-3-5-15(12)17/h2-10H,11H2,1H3,(H,20,22)/b19-10-. The van der Waals surface area contributed by atoms with E-state index in [9.17, 15) is 17.6 Å². The molecule has 0 fully saturated rings. The maximum Gasteiger partial charge on any atom is 0.260 e. The molecule has 0 saturated carbocycles. The van der Waals surface area contributed by atoms with Gasteiger partial charge in [0, 0.05) is 9.13 Å². The van der Waals surface area contributed by atoms with Gasteiger partial charge in [0.2, 0.25) is 10.0 Å². The van der Waals surface area contributed by atoms with Gasteiger partial charge in [0.15, 0.2) is 0 Å². The highest BCUT2D eigenvalue weighted by Crippen LogP contribution is 2.18. The number of hydrogen-bond acceptors (Lipinski definition) is 4. The van der Waals surface area contributed by atoms with Crippen molar-refractivity contribution >= 4 is 50.4 Å². The lowest BCUT2D eigenvalue weighted by Gasteiger charge is -2.21. The second-order valence-electron chi connectivity index (χ2n) is 5.06. The first-order valence-corrected chi connectivity index (χ1v) is 10.00. The molecule has 0 aliphatic heterocycles. The molecule has 0 spiro atoms. The molecule has 0 heterocycles. The topological polar surface area (TPSA) is 78.8 Å². The largest absolute Gasteiger partial charge is 0.271 e. The Labute approximate surface area is 158 Å². The Balaban J connectivity index is 2.07. The Kier molecular flexibility index (Phi) is 6.48. The second kappa shape index (κ2) is 8.39. The summed E-state index contributed by atoms with van der Waals surface area (Å²) in [6, 6.07) is 12.6. The van der Waals surface area contributed by atoms with Gasteiger partial charge < -0.3 is 0 Å². The number of hydrogen-bond donors (Lipinski definition) is 1. The van der Waals surface area contributed by atoms with Crippen molar-refractivity contribution in [2.75, 3.05) is 17.1 Å². The summed E-state index contributed by atoms with van der Waals surface area (Å²) in [7, 11) is -3.65. The van der Waals surface area contributed by atoms with E-state index in [4.69, 9.17) is 0 Å². The third kappa shape index (κ3) is 5.78. The number of amides is 1. The van der Waals surface area contributed by atoms with Crippen molar-refractivity contribution in [3.63, 3.8) is 0 Å². The minimum Gasteiger partial charge on any atom is -0.271 e. The molecule has 132 valence electrons. The predicted molar refractivity (Wildman–Crippen MR) is 103 cm³/mol. The van der Waals surface area contributed by atoms with Crippen molar-refractivity contribution < 1.29 is 17.6 Å². The Bertz CT molecular complexity index is 886. The molecule has 1 amide bonds. The zero-order valence-electron chi connectivity index (χ0n) is 13.2. The number of hydrazone groups is 1. The molecule has 9 heteroatoms. The minimum atomic E-state index is -3.65. The van der Waals surface area contributed by atoms with Crippen LogP contribution >= 0.6 is 22.6 Å². The number of carbonyl (C=O) groups excluding carboxylic acids is 1. The highest BCUT2D eigenvalue weighted by atomic mass is 127. The molecule has 0 aliphatic carbocycles. The average Bonchev–Trinajstić information content (AvgIpc) is 2.54. The first-order chi connectivity index (χ1) is 11.8. The van der Waals surface area contributed by atoms with Crippen LogP contribution in [0.2, 0.25) is 0 Å². The van der Waals surface area contributed by atoms with Gasteiger partial charge in [0.25, 0.3) is 5.91 Å². The lowest BCUT2D eigenvalue weighted by atomic mass is 10.2. The van der Waals surface area contributed by atoms with Crippen LogP contribution in [0.25, 0.3) is 0 Å². The summed E-state index contributed by atoms with van der Waals surface area (Å²) in [4.78, 5) is 12.0. The van der Waals surface area contributed by atoms with Crippen LogP contribution in [0.3, 0.4) is 0 Å². The third-order valence-electron chi connectivity index (χ3n) is 3.10. The van der Waals surface area contributed by atoms with Gasteiger partial charge in [-0.25, -0.2) is 18.2 Å². The van der Waals surface area contributed by atoms with E-state index in [1.807, 2.05) is 0 Å². The zero-order chi connectivity index (χ0) is 18.4. The van der Waals surface area contributed by atoms with E-state index in [0.29, 0.717) is 5.69 Å². The van der Waals surface area contributed by atoms with Gasteiger partial charge in [-0.05, 0) is 52.9 Å². The molecular weight excluding hydrogens is 460 g/mol. The van der Waals surface area contributed by atoms with Gasteiger partial charge >= 0.3 is 0 Å². The van der Waals surface area contributed by atoms with Crippen molar-refractivity contribution in [3.05, 3.63) is 63.5 Å². The molecule has 0 unspecified atom stereocenters. The Morgan fingerprint density at radius 3 is 2.48 bits per heavy atom. The smallest absolute Gasteiger partial charge is 0.260 e. The van der Waals surface area contributed by atoms with Crippen molar-refractivity contribution in [3.8, 4) is 0 Å². The molecule has 2 rings (SSSR count). The molecule has 0 bridgehead atoms. The van der Waals surface area contributed by atoms with E-state index in [2.05, 4.69) is 33.1 Å². The van der Waals surface area contributed by atoms with E-state index in [1.165, 1.54) is 18.2 Å². The average molecular weight is 475 g/mol. The lowest BCUT2D eigenvalue weighted by molar-refractivity contribution is -0.119. The second-order valence-corrected chi connectivity index (χ2v) is 8.21. The highest BCUT2D eigenvalue weighted by molar-refractivity contribution is 14.1. The van der Waals surface area contributed by atoms with Gasteiger partial charge in [0.05, 0.1) is 18.2 Å². The number of anilines is 1. The molecule has 1 N–H and O–H groups in total.